The fourth-order valence-electron chi connectivity index (χ4n) is 20.1. The fraction of sp³-hybridized carbons (Fsp3) is 0.237. The Morgan fingerprint density at radius 2 is 0.600 bits per heavy atom. The van der Waals surface area contributed by atoms with E-state index in [0.717, 1.165) is 161 Å². The van der Waals surface area contributed by atoms with Gasteiger partial charge in [0.05, 0.1) is 62.7 Å². The molecule has 0 N–H and O–H groups in total. The largest absolute Gasteiger partial charge is 0.452 e. The second-order valence-electron chi connectivity index (χ2n) is 42.7. The molecule has 21 rings (SSSR count). The van der Waals surface area contributed by atoms with Crippen LogP contribution >= 0.6 is 0 Å². The van der Waals surface area contributed by atoms with Crippen molar-refractivity contribution in [3.63, 3.8) is 0 Å². The molecule has 0 radical (unpaired) electrons. The molecule has 6 nitrogen and oxygen atoms in total. The average molecular weight is 1630 g/mol. The van der Waals surface area contributed by atoms with Gasteiger partial charge in [0.15, 0.2) is 11.2 Å². The van der Waals surface area contributed by atoms with Crippen molar-refractivity contribution in [1.82, 2.24) is 13.7 Å². The first kappa shape index (κ1) is 73.7. The maximum atomic E-state index is 9.87. The van der Waals surface area contributed by atoms with Gasteiger partial charge in [-0.2, -0.15) is 0 Å². The van der Waals surface area contributed by atoms with E-state index in [1.165, 1.54) is 54.9 Å². The number of nitrogens with zero attached hydrogens (tertiary/aromatic N) is 5. The summed E-state index contributed by atoms with van der Waals surface area (Å²) in [5.41, 5.74) is 31.3. The molecular formula is C118H112BN5O. The number of rotatable bonds is 8. The second kappa shape index (κ2) is 27.8. The minimum Gasteiger partial charge on any atom is -0.452 e. The minimum atomic E-state index is -0.521. The summed E-state index contributed by atoms with van der Waals surface area (Å²) < 4.78 is 63.0. The Balaban J connectivity index is 0.954. The standard InChI is InChI=1S/C118H112BN5O/c1-112(2,3)75-44-53-96-88(60-75)89-61-76(113(4,5)6)45-54-97(89)120(96)82-50-52-95-105(68-82)123(103-42-32-40-85-84-39-31-41-102(110(84)125-111(85)103)122-100-57-48-79(116(13,14)15)64-92(100)93-65-80(117(16,17)18)49-58-101(93)122)106-69-83(121-98-55-46-77(114(7,8)9)62-90(98)91-63-78(115(10,11)12)47-56-99(91)121)70-107-108(106)119(95)94-51-43-74(71-33-25-22-26-34-71)59-104(94)124(107)109-86(72-35-27-23-28-36-72)66-81(118(19,20)21)67-87(109)73-37-29-24-30-38-73/h22-70H,1-21H3/i22D,25D,26D,33D,34D. The van der Waals surface area contributed by atoms with Crippen molar-refractivity contribution >= 4 is 145 Å². The summed E-state index contributed by atoms with van der Waals surface area (Å²) in [6, 6.07) is 99.0. The van der Waals surface area contributed by atoms with E-state index in [0.29, 0.717) is 5.56 Å². The molecule has 0 amide bonds. The number of hydrogen-bond donors (Lipinski definition) is 0. The number of aromatic nitrogens is 3. The predicted molar refractivity (Wildman–Crippen MR) is 538 cm³/mol. The quantitative estimate of drug-likeness (QED) is 0.142. The smallest absolute Gasteiger partial charge is 0.252 e. The van der Waals surface area contributed by atoms with Gasteiger partial charge in [-0.05, 0) is 243 Å². The first-order valence-corrected chi connectivity index (χ1v) is 44.7. The summed E-state index contributed by atoms with van der Waals surface area (Å²) in [6.45, 7) is 47.8. The summed E-state index contributed by atoms with van der Waals surface area (Å²) in [5, 5.41) is 9.01. The van der Waals surface area contributed by atoms with Gasteiger partial charge in [0.2, 0.25) is 0 Å². The SMILES string of the molecule is [2H]c1c([2H])c([2H])c(-c2ccc3c(c2)N(c2c(-c4ccccc4)cc(C(C)(C)C)cc2-c2ccccc2)c2cc(-n4c5ccc(C(C)(C)C)cc5c5cc(C(C)(C)C)ccc54)cc4c2B3c2ccc(-n3c5ccc(C(C)(C)C)cc5c5cc(C(C)(C)C)ccc53)cc2N4c2cccc3c2oc2c(-n4c5ccc(C(C)(C)C)cc5c5cc(C(C)(C)C)ccc54)cccc23)c([2H])c1[2H]. The predicted octanol–water partition coefficient (Wildman–Crippen LogP) is 31.0. The maximum Gasteiger partial charge on any atom is 0.252 e. The van der Waals surface area contributed by atoms with E-state index < -0.39 is 24.8 Å². The first-order chi connectivity index (χ1) is 61.5. The van der Waals surface area contributed by atoms with Gasteiger partial charge >= 0.3 is 0 Å². The van der Waals surface area contributed by atoms with E-state index in [2.05, 4.69) is 430 Å². The van der Waals surface area contributed by atoms with Crippen LogP contribution in [-0.2, 0) is 37.9 Å². The highest BCUT2D eigenvalue weighted by Gasteiger charge is 2.47. The van der Waals surface area contributed by atoms with Crippen LogP contribution in [0.2, 0.25) is 0 Å². The number of furan rings is 1. The highest BCUT2D eigenvalue weighted by molar-refractivity contribution is 7.00. The van der Waals surface area contributed by atoms with E-state index in [1.807, 2.05) is 6.07 Å². The zero-order valence-corrected chi connectivity index (χ0v) is 76.1. The summed E-state index contributed by atoms with van der Waals surface area (Å²) in [4.78, 5) is 5.07. The van der Waals surface area contributed by atoms with Crippen LogP contribution in [-0.4, -0.2) is 20.4 Å². The Morgan fingerprint density at radius 3 is 1.01 bits per heavy atom. The highest BCUT2D eigenvalue weighted by Crippen LogP contribution is 2.56. The lowest BCUT2D eigenvalue weighted by Gasteiger charge is -2.45. The monoisotopic (exact) mass is 1630 g/mol. The molecule has 0 bridgehead atoms. The molecule has 0 fully saturated rings. The maximum absolute atomic E-state index is 9.87. The first-order valence-electron chi connectivity index (χ1n) is 47.2. The van der Waals surface area contributed by atoms with Gasteiger partial charge in [0.25, 0.3) is 6.71 Å². The highest BCUT2D eigenvalue weighted by atomic mass is 16.3. The van der Waals surface area contributed by atoms with E-state index in [4.69, 9.17) is 5.79 Å². The Hall–Kier alpha value is -12.8. The zero-order chi connectivity index (χ0) is 91.3. The van der Waals surface area contributed by atoms with Gasteiger partial charge in [-0.1, -0.05) is 315 Å². The number of anilines is 6. The number of hydrogen-bond acceptors (Lipinski definition) is 3. The van der Waals surface area contributed by atoms with Gasteiger partial charge in [0.1, 0.15) is 0 Å². The van der Waals surface area contributed by atoms with Crippen molar-refractivity contribution in [3.05, 3.63) is 336 Å². The van der Waals surface area contributed by atoms with Gasteiger partial charge < -0.3 is 27.9 Å². The topological polar surface area (TPSA) is 34.4 Å². The third-order valence-corrected chi connectivity index (χ3v) is 27.2. The third kappa shape index (κ3) is 12.8. The van der Waals surface area contributed by atoms with E-state index in [1.54, 1.807) is 0 Å². The van der Waals surface area contributed by atoms with Crippen LogP contribution in [0.5, 0.6) is 0 Å². The zero-order valence-electron chi connectivity index (χ0n) is 81.1. The van der Waals surface area contributed by atoms with Crippen LogP contribution < -0.4 is 26.2 Å². The van der Waals surface area contributed by atoms with Crippen LogP contribution in [0.4, 0.5) is 34.1 Å². The summed E-state index contributed by atoms with van der Waals surface area (Å²) >= 11 is 0. The van der Waals surface area contributed by atoms with Crippen molar-refractivity contribution in [2.24, 2.45) is 0 Å². The molecule has 0 saturated carbocycles. The van der Waals surface area contributed by atoms with Crippen LogP contribution in [0.25, 0.3) is 138 Å². The number of para-hydroxylation sites is 2. The molecule has 0 saturated heterocycles. The van der Waals surface area contributed by atoms with Gasteiger partial charge in [-0.25, -0.2) is 0 Å². The lowest BCUT2D eigenvalue weighted by Crippen LogP contribution is -2.61. The molecule has 19 aromatic rings. The van der Waals surface area contributed by atoms with Crippen LogP contribution in [0.15, 0.2) is 302 Å². The molecular weight excluding hydrogens is 1510 g/mol. The summed E-state index contributed by atoms with van der Waals surface area (Å²) in [7, 11) is 0. The molecule has 2 aliphatic heterocycles. The van der Waals surface area contributed by atoms with Crippen LogP contribution in [0.3, 0.4) is 0 Å². The second-order valence-corrected chi connectivity index (χ2v) is 42.7. The Morgan fingerprint density at radius 1 is 0.248 bits per heavy atom. The van der Waals surface area contributed by atoms with Crippen molar-refractivity contribution in [1.29, 1.82) is 0 Å². The van der Waals surface area contributed by atoms with E-state index in [-0.39, 0.29) is 55.6 Å². The third-order valence-electron chi connectivity index (χ3n) is 27.2. The molecule has 0 spiro atoms. The van der Waals surface area contributed by atoms with Crippen LogP contribution in [0.1, 0.15) is 191 Å². The number of benzene rings is 15. The summed E-state index contributed by atoms with van der Waals surface area (Å²) in [6.07, 6.45) is 0. The fourth-order valence-corrected chi connectivity index (χ4v) is 20.1. The van der Waals surface area contributed by atoms with E-state index in [9.17, 15) is 5.48 Å². The van der Waals surface area contributed by atoms with Crippen molar-refractivity contribution in [2.45, 2.75) is 183 Å². The molecule has 4 aromatic heterocycles. The molecule has 6 heterocycles. The lowest BCUT2D eigenvalue weighted by molar-refractivity contribution is 0.590. The van der Waals surface area contributed by atoms with Gasteiger partial charge in [-0.15, -0.1) is 0 Å². The molecule has 0 unspecified atom stereocenters. The molecule has 0 atom stereocenters. The van der Waals surface area contributed by atoms with Crippen molar-refractivity contribution < 1.29 is 11.3 Å². The molecule has 7 heteroatoms. The van der Waals surface area contributed by atoms with Crippen LogP contribution in [0, 0.1) is 0 Å². The Labute approximate surface area is 744 Å². The van der Waals surface area contributed by atoms with Crippen molar-refractivity contribution in [3.8, 4) is 50.4 Å². The molecule has 15 aromatic carbocycles. The van der Waals surface area contributed by atoms with Gasteiger partial charge in [-0.3, -0.25) is 0 Å². The minimum absolute atomic E-state index is 0.103. The Bertz CT molecular complexity index is 7720. The lowest BCUT2D eigenvalue weighted by atomic mass is 9.33. The molecule has 125 heavy (non-hydrogen) atoms. The van der Waals surface area contributed by atoms with Crippen molar-refractivity contribution in [2.75, 3.05) is 9.80 Å². The molecule has 0 aliphatic carbocycles. The molecule has 2 aliphatic rings. The molecule has 618 valence electrons. The van der Waals surface area contributed by atoms with Gasteiger partial charge in [0, 0.05) is 82.7 Å². The number of fused-ring (bicyclic) bond motifs is 16. The average Bonchev–Trinajstić information content (AvgIpc) is 1.31. The Kier molecular flexibility index (Phi) is 16.4. The summed E-state index contributed by atoms with van der Waals surface area (Å²) in [5.74, 6) is 0. The van der Waals surface area contributed by atoms with E-state index >= 15 is 0 Å². The normalized spacial score (nSPS) is 14.2.